The summed E-state index contributed by atoms with van der Waals surface area (Å²) in [6.45, 7) is 1.30. The molecule has 0 radical (unpaired) electrons. The van der Waals surface area contributed by atoms with Crippen molar-refractivity contribution in [3.63, 3.8) is 0 Å². The molecule has 0 aliphatic heterocycles. The van der Waals surface area contributed by atoms with Crippen LogP contribution in [0.1, 0.15) is 23.1 Å². The summed E-state index contributed by atoms with van der Waals surface area (Å²) < 4.78 is 0. The Morgan fingerprint density at radius 1 is 0.656 bits per heavy atom. The summed E-state index contributed by atoms with van der Waals surface area (Å²) in [5.41, 5.74) is 2.73. The predicted octanol–water partition coefficient (Wildman–Crippen LogP) is 6.15. The summed E-state index contributed by atoms with van der Waals surface area (Å²) in [6, 6.07) is 39.7. The third kappa shape index (κ3) is 4.57. The van der Waals surface area contributed by atoms with E-state index < -0.39 is 11.4 Å². The number of carbonyl (C=O) groups is 1. The number of para-hydroxylation sites is 1. The standard InChI is InChI=1S/C29H27NO2/c31-28(32)29(25-15-7-2-8-16-25,26-17-9-3-10-18-26)21-22-30(27-19-11-4-12-20-27)23-24-13-5-1-6-14-24/h1-20H,21-23H2,(H,31,32). The van der Waals surface area contributed by atoms with Gasteiger partial charge in [0.05, 0.1) is 0 Å². The van der Waals surface area contributed by atoms with Crippen molar-refractivity contribution >= 4 is 11.7 Å². The summed E-state index contributed by atoms with van der Waals surface area (Å²) in [5, 5.41) is 10.6. The normalized spacial score (nSPS) is 11.1. The predicted molar refractivity (Wildman–Crippen MR) is 130 cm³/mol. The molecule has 0 saturated carbocycles. The topological polar surface area (TPSA) is 40.5 Å². The lowest BCUT2D eigenvalue weighted by Crippen LogP contribution is -2.41. The molecule has 0 atom stereocenters. The van der Waals surface area contributed by atoms with E-state index in [4.69, 9.17) is 0 Å². The molecular formula is C29H27NO2. The van der Waals surface area contributed by atoms with Gasteiger partial charge in [-0.15, -0.1) is 0 Å². The number of carboxylic acids is 1. The summed E-state index contributed by atoms with van der Waals surface area (Å²) in [7, 11) is 0. The fraction of sp³-hybridized carbons (Fsp3) is 0.138. The van der Waals surface area contributed by atoms with Crippen molar-refractivity contribution in [2.24, 2.45) is 0 Å². The first kappa shape index (κ1) is 21.4. The fourth-order valence-electron chi connectivity index (χ4n) is 4.30. The van der Waals surface area contributed by atoms with E-state index in [0.29, 0.717) is 19.5 Å². The summed E-state index contributed by atoms with van der Waals surface area (Å²) in [4.78, 5) is 15.2. The quantitative estimate of drug-likeness (QED) is 0.352. The lowest BCUT2D eigenvalue weighted by atomic mass is 9.72. The number of carboxylic acid groups (broad SMARTS) is 1. The third-order valence-corrected chi connectivity index (χ3v) is 5.99. The van der Waals surface area contributed by atoms with Crippen LogP contribution in [0.4, 0.5) is 5.69 Å². The third-order valence-electron chi connectivity index (χ3n) is 5.99. The Bertz CT molecular complexity index is 1070. The number of benzene rings is 4. The second-order valence-corrected chi connectivity index (χ2v) is 7.94. The molecule has 0 aromatic heterocycles. The van der Waals surface area contributed by atoms with Gasteiger partial charge in [0.15, 0.2) is 0 Å². The van der Waals surface area contributed by atoms with Gasteiger partial charge in [-0.3, -0.25) is 4.79 Å². The Labute approximate surface area is 189 Å². The van der Waals surface area contributed by atoms with Gasteiger partial charge < -0.3 is 10.0 Å². The van der Waals surface area contributed by atoms with Gasteiger partial charge in [0, 0.05) is 18.8 Å². The monoisotopic (exact) mass is 421 g/mol. The molecule has 1 N–H and O–H groups in total. The minimum Gasteiger partial charge on any atom is -0.480 e. The van der Waals surface area contributed by atoms with Gasteiger partial charge in [-0.2, -0.15) is 0 Å². The molecule has 0 aliphatic carbocycles. The number of aliphatic carboxylic acids is 1. The number of anilines is 1. The van der Waals surface area contributed by atoms with Gasteiger partial charge >= 0.3 is 5.97 Å². The second-order valence-electron chi connectivity index (χ2n) is 7.94. The van der Waals surface area contributed by atoms with Crippen molar-refractivity contribution in [1.29, 1.82) is 0 Å². The number of nitrogens with zero attached hydrogens (tertiary/aromatic N) is 1. The van der Waals surface area contributed by atoms with Gasteiger partial charge in [0.2, 0.25) is 0 Å². The Morgan fingerprint density at radius 2 is 1.09 bits per heavy atom. The summed E-state index contributed by atoms with van der Waals surface area (Å²) in [6.07, 6.45) is 0.443. The minimum absolute atomic E-state index is 0.443. The molecule has 0 bridgehead atoms. The van der Waals surface area contributed by atoms with Crippen LogP contribution in [0.5, 0.6) is 0 Å². The molecule has 0 spiro atoms. The highest BCUT2D eigenvalue weighted by Crippen LogP contribution is 2.37. The zero-order valence-electron chi connectivity index (χ0n) is 18.0. The van der Waals surface area contributed by atoms with E-state index in [1.165, 1.54) is 5.56 Å². The van der Waals surface area contributed by atoms with Crippen molar-refractivity contribution in [3.05, 3.63) is 138 Å². The molecule has 160 valence electrons. The molecule has 0 fully saturated rings. The smallest absolute Gasteiger partial charge is 0.318 e. The second kappa shape index (κ2) is 9.97. The first-order valence-electron chi connectivity index (χ1n) is 10.9. The van der Waals surface area contributed by atoms with Gasteiger partial charge in [0.25, 0.3) is 0 Å². The number of hydrogen-bond acceptors (Lipinski definition) is 2. The molecule has 0 aliphatic rings. The Hall–Kier alpha value is -3.85. The summed E-state index contributed by atoms with van der Waals surface area (Å²) >= 11 is 0. The molecule has 0 heterocycles. The lowest BCUT2D eigenvalue weighted by molar-refractivity contribution is -0.142. The maximum Gasteiger partial charge on any atom is 0.318 e. The molecule has 4 aromatic rings. The van der Waals surface area contributed by atoms with Gasteiger partial charge in [-0.05, 0) is 35.2 Å². The van der Waals surface area contributed by atoms with Crippen LogP contribution in [0.25, 0.3) is 0 Å². The van der Waals surface area contributed by atoms with Crippen molar-refractivity contribution in [3.8, 4) is 0 Å². The number of rotatable bonds is 9. The molecule has 32 heavy (non-hydrogen) atoms. The van der Waals surface area contributed by atoms with Crippen LogP contribution >= 0.6 is 0 Å². The van der Waals surface area contributed by atoms with Crippen molar-refractivity contribution in [2.75, 3.05) is 11.4 Å². The van der Waals surface area contributed by atoms with E-state index >= 15 is 0 Å². The van der Waals surface area contributed by atoms with Gasteiger partial charge in [-0.25, -0.2) is 0 Å². The van der Waals surface area contributed by atoms with E-state index in [1.807, 2.05) is 97.1 Å². The first-order chi connectivity index (χ1) is 15.7. The molecular weight excluding hydrogens is 394 g/mol. The fourth-order valence-corrected chi connectivity index (χ4v) is 4.30. The Balaban J connectivity index is 1.73. The average Bonchev–Trinajstić information content (AvgIpc) is 2.86. The molecule has 0 saturated heterocycles. The molecule has 3 nitrogen and oxygen atoms in total. The van der Waals surface area contributed by atoms with Crippen molar-refractivity contribution in [2.45, 2.75) is 18.4 Å². The van der Waals surface area contributed by atoms with Gasteiger partial charge in [-0.1, -0.05) is 109 Å². The molecule has 3 heteroatoms. The highest BCUT2D eigenvalue weighted by molar-refractivity contribution is 5.86. The van der Waals surface area contributed by atoms with Crippen LogP contribution in [-0.2, 0) is 16.8 Å². The largest absolute Gasteiger partial charge is 0.480 e. The van der Waals surface area contributed by atoms with Crippen LogP contribution < -0.4 is 4.90 Å². The molecule has 0 unspecified atom stereocenters. The Morgan fingerprint density at radius 3 is 1.56 bits per heavy atom. The maximum atomic E-state index is 12.9. The van der Waals surface area contributed by atoms with Gasteiger partial charge in [0.1, 0.15) is 5.41 Å². The van der Waals surface area contributed by atoms with Crippen LogP contribution in [0.3, 0.4) is 0 Å². The molecule has 4 aromatic carbocycles. The number of hydrogen-bond donors (Lipinski definition) is 1. The molecule has 4 rings (SSSR count). The van der Waals surface area contributed by atoms with E-state index in [1.54, 1.807) is 0 Å². The Kier molecular flexibility index (Phi) is 6.66. The first-order valence-corrected chi connectivity index (χ1v) is 10.9. The highest BCUT2D eigenvalue weighted by Gasteiger charge is 2.42. The maximum absolute atomic E-state index is 12.9. The van der Waals surface area contributed by atoms with Crippen LogP contribution in [0.2, 0.25) is 0 Å². The average molecular weight is 422 g/mol. The van der Waals surface area contributed by atoms with Crippen LogP contribution in [0, 0.1) is 0 Å². The van der Waals surface area contributed by atoms with E-state index in [0.717, 1.165) is 16.8 Å². The van der Waals surface area contributed by atoms with Crippen molar-refractivity contribution < 1.29 is 9.90 Å². The van der Waals surface area contributed by atoms with E-state index in [9.17, 15) is 9.90 Å². The summed E-state index contributed by atoms with van der Waals surface area (Å²) in [5.74, 6) is -0.831. The van der Waals surface area contributed by atoms with Crippen molar-refractivity contribution in [1.82, 2.24) is 0 Å². The SMILES string of the molecule is O=C(O)C(CCN(Cc1ccccc1)c1ccccc1)(c1ccccc1)c1ccccc1. The van der Waals surface area contributed by atoms with Crippen LogP contribution in [0.15, 0.2) is 121 Å². The van der Waals surface area contributed by atoms with E-state index in [-0.39, 0.29) is 0 Å². The highest BCUT2D eigenvalue weighted by atomic mass is 16.4. The zero-order chi connectivity index (χ0) is 22.2. The minimum atomic E-state index is -1.13. The molecule has 0 amide bonds. The lowest BCUT2D eigenvalue weighted by Gasteiger charge is -2.34. The van der Waals surface area contributed by atoms with E-state index in [2.05, 4.69) is 29.2 Å². The zero-order valence-corrected chi connectivity index (χ0v) is 18.0. The van der Waals surface area contributed by atoms with Crippen LogP contribution in [-0.4, -0.2) is 17.6 Å².